The Morgan fingerprint density at radius 1 is 1.14 bits per heavy atom. The van der Waals surface area contributed by atoms with Crippen LogP contribution in [0.25, 0.3) is 11.0 Å². The van der Waals surface area contributed by atoms with Crippen LogP contribution in [0.1, 0.15) is 5.82 Å². The molecule has 0 amide bonds. The van der Waals surface area contributed by atoms with Gasteiger partial charge in [-0.25, -0.2) is 9.98 Å². The Morgan fingerprint density at radius 3 is 2.50 bits per heavy atom. The van der Waals surface area contributed by atoms with E-state index in [-0.39, 0.29) is 5.71 Å². The minimum atomic E-state index is 0.272. The number of nitrogens with zero attached hydrogens (tertiary/aromatic N) is 4. The number of anilines is 1. The first-order valence-electron chi connectivity index (χ1n) is 6.88. The number of para-hydroxylation sites is 2. The SMILES string of the molecule is CN(C)c1ccc(N=C(C#N)c2nc3ccccc3[nH]2)cc1. The number of fused-ring (bicyclic) bond motifs is 1. The van der Waals surface area contributed by atoms with Crippen molar-refractivity contribution in [3.8, 4) is 6.07 Å². The molecule has 108 valence electrons. The molecular formula is C17H15N5. The summed E-state index contributed by atoms with van der Waals surface area (Å²) in [5, 5.41) is 9.36. The number of hydrogen-bond donors (Lipinski definition) is 1. The first-order valence-corrected chi connectivity index (χ1v) is 6.88. The molecule has 0 unspecified atom stereocenters. The van der Waals surface area contributed by atoms with Gasteiger partial charge < -0.3 is 9.88 Å². The molecule has 22 heavy (non-hydrogen) atoms. The van der Waals surface area contributed by atoms with Crippen molar-refractivity contribution in [1.29, 1.82) is 5.26 Å². The quantitative estimate of drug-likeness (QED) is 0.752. The third-order valence-electron chi connectivity index (χ3n) is 3.33. The molecule has 0 aliphatic carbocycles. The highest BCUT2D eigenvalue weighted by atomic mass is 15.1. The van der Waals surface area contributed by atoms with Gasteiger partial charge in [0.1, 0.15) is 6.07 Å². The van der Waals surface area contributed by atoms with E-state index in [1.165, 1.54) is 0 Å². The van der Waals surface area contributed by atoms with Crippen LogP contribution in [0.2, 0.25) is 0 Å². The Bertz CT molecular complexity index is 833. The maximum atomic E-state index is 9.36. The second kappa shape index (κ2) is 5.70. The Balaban J connectivity index is 1.97. The number of rotatable bonds is 3. The van der Waals surface area contributed by atoms with E-state index in [4.69, 9.17) is 0 Å². The molecule has 0 bridgehead atoms. The van der Waals surface area contributed by atoms with E-state index < -0.39 is 0 Å². The van der Waals surface area contributed by atoms with Crippen molar-refractivity contribution in [2.45, 2.75) is 0 Å². The summed E-state index contributed by atoms with van der Waals surface area (Å²) in [6.45, 7) is 0. The molecule has 0 aliphatic rings. The largest absolute Gasteiger partial charge is 0.378 e. The van der Waals surface area contributed by atoms with Crippen LogP contribution in [0.5, 0.6) is 0 Å². The smallest absolute Gasteiger partial charge is 0.183 e. The molecule has 0 aliphatic heterocycles. The molecule has 3 aromatic rings. The number of aromatic amines is 1. The first-order chi connectivity index (χ1) is 10.7. The molecule has 0 saturated heterocycles. The van der Waals surface area contributed by atoms with Crippen molar-refractivity contribution in [2.75, 3.05) is 19.0 Å². The lowest BCUT2D eigenvalue weighted by atomic mass is 10.2. The number of nitriles is 1. The van der Waals surface area contributed by atoms with Gasteiger partial charge in [-0.15, -0.1) is 0 Å². The molecular weight excluding hydrogens is 274 g/mol. The molecule has 5 heteroatoms. The van der Waals surface area contributed by atoms with Gasteiger partial charge in [-0.05, 0) is 36.4 Å². The third kappa shape index (κ3) is 2.67. The monoisotopic (exact) mass is 289 g/mol. The van der Waals surface area contributed by atoms with Gasteiger partial charge in [0.05, 0.1) is 16.7 Å². The fraction of sp³-hybridized carbons (Fsp3) is 0.118. The number of nitrogens with one attached hydrogen (secondary N) is 1. The minimum Gasteiger partial charge on any atom is -0.378 e. The zero-order chi connectivity index (χ0) is 15.5. The normalized spacial score (nSPS) is 11.4. The van der Waals surface area contributed by atoms with Gasteiger partial charge in [0.2, 0.25) is 0 Å². The number of imidazole rings is 1. The molecule has 0 fully saturated rings. The van der Waals surface area contributed by atoms with Crippen molar-refractivity contribution < 1.29 is 0 Å². The fourth-order valence-electron chi connectivity index (χ4n) is 2.15. The van der Waals surface area contributed by atoms with Crippen LogP contribution in [-0.2, 0) is 0 Å². The minimum absolute atomic E-state index is 0.272. The van der Waals surface area contributed by atoms with E-state index in [1.54, 1.807) is 0 Å². The number of aliphatic imine (C=N–C) groups is 1. The van der Waals surface area contributed by atoms with Crippen LogP contribution >= 0.6 is 0 Å². The summed E-state index contributed by atoms with van der Waals surface area (Å²) in [7, 11) is 3.96. The summed E-state index contributed by atoms with van der Waals surface area (Å²) in [4.78, 5) is 13.9. The lowest BCUT2D eigenvalue weighted by Gasteiger charge is -2.11. The molecule has 3 rings (SSSR count). The first kappa shape index (κ1) is 13.8. The van der Waals surface area contributed by atoms with Gasteiger partial charge in [0.25, 0.3) is 0 Å². The zero-order valence-corrected chi connectivity index (χ0v) is 12.4. The number of H-pyrrole nitrogens is 1. The Labute approximate surface area is 128 Å². The molecule has 1 heterocycles. The third-order valence-corrected chi connectivity index (χ3v) is 3.33. The summed E-state index contributed by atoms with van der Waals surface area (Å²) in [5.41, 5.74) is 3.80. The van der Waals surface area contributed by atoms with Crippen molar-refractivity contribution in [2.24, 2.45) is 4.99 Å². The van der Waals surface area contributed by atoms with Gasteiger partial charge in [0, 0.05) is 19.8 Å². The summed E-state index contributed by atoms with van der Waals surface area (Å²) in [6.07, 6.45) is 0. The summed E-state index contributed by atoms with van der Waals surface area (Å²) in [5.74, 6) is 0.486. The molecule has 0 saturated carbocycles. The van der Waals surface area contributed by atoms with Gasteiger partial charge in [-0.2, -0.15) is 5.26 Å². The molecule has 1 N–H and O–H groups in total. The highest BCUT2D eigenvalue weighted by molar-refractivity contribution is 6.11. The van der Waals surface area contributed by atoms with Crippen LogP contribution in [0.15, 0.2) is 53.5 Å². The second-order valence-corrected chi connectivity index (χ2v) is 5.09. The highest BCUT2D eigenvalue weighted by Crippen LogP contribution is 2.19. The lowest BCUT2D eigenvalue weighted by molar-refractivity contribution is 1.13. The average Bonchev–Trinajstić information content (AvgIpc) is 2.96. The highest BCUT2D eigenvalue weighted by Gasteiger charge is 2.09. The van der Waals surface area contributed by atoms with Gasteiger partial charge in [0.15, 0.2) is 11.5 Å². The maximum Gasteiger partial charge on any atom is 0.183 e. The molecule has 5 nitrogen and oxygen atoms in total. The van der Waals surface area contributed by atoms with Crippen molar-refractivity contribution in [3.63, 3.8) is 0 Å². The summed E-state index contributed by atoms with van der Waals surface area (Å²) < 4.78 is 0. The van der Waals surface area contributed by atoms with E-state index in [0.29, 0.717) is 5.82 Å². The number of benzene rings is 2. The van der Waals surface area contributed by atoms with Crippen LogP contribution in [0.4, 0.5) is 11.4 Å². The van der Waals surface area contributed by atoms with Crippen molar-refractivity contribution in [3.05, 3.63) is 54.4 Å². The van der Waals surface area contributed by atoms with Crippen molar-refractivity contribution in [1.82, 2.24) is 9.97 Å². The lowest BCUT2D eigenvalue weighted by Crippen LogP contribution is -2.07. The Hall–Kier alpha value is -3.13. The van der Waals surface area contributed by atoms with E-state index in [9.17, 15) is 5.26 Å². The predicted octanol–water partition coefficient (Wildman–Crippen LogP) is 3.27. The van der Waals surface area contributed by atoms with Gasteiger partial charge in [-0.3, -0.25) is 0 Å². The van der Waals surface area contributed by atoms with Crippen LogP contribution in [0.3, 0.4) is 0 Å². The second-order valence-electron chi connectivity index (χ2n) is 5.09. The predicted molar refractivity (Wildman–Crippen MR) is 88.7 cm³/mol. The van der Waals surface area contributed by atoms with Crippen LogP contribution < -0.4 is 4.90 Å². The topological polar surface area (TPSA) is 68.1 Å². The van der Waals surface area contributed by atoms with E-state index in [1.807, 2.05) is 67.5 Å². The summed E-state index contributed by atoms with van der Waals surface area (Å²) >= 11 is 0. The fourth-order valence-corrected chi connectivity index (χ4v) is 2.15. The molecule has 0 spiro atoms. The average molecular weight is 289 g/mol. The molecule has 0 radical (unpaired) electrons. The van der Waals surface area contributed by atoms with E-state index in [2.05, 4.69) is 21.0 Å². The van der Waals surface area contributed by atoms with Crippen molar-refractivity contribution >= 4 is 28.1 Å². The standard InChI is InChI=1S/C17H15N5/c1-22(2)13-9-7-12(8-10-13)19-16(11-18)17-20-14-5-3-4-6-15(14)21-17/h3-10H,1-2H3,(H,20,21). The maximum absolute atomic E-state index is 9.36. The van der Waals surface area contributed by atoms with E-state index >= 15 is 0 Å². The summed E-state index contributed by atoms with van der Waals surface area (Å²) in [6, 6.07) is 17.5. The Kier molecular flexibility index (Phi) is 3.58. The van der Waals surface area contributed by atoms with Gasteiger partial charge in [-0.1, -0.05) is 12.1 Å². The molecule has 1 aromatic heterocycles. The molecule has 2 aromatic carbocycles. The van der Waals surface area contributed by atoms with Crippen LogP contribution in [-0.4, -0.2) is 29.8 Å². The van der Waals surface area contributed by atoms with E-state index in [0.717, 1.165) is 22.4 Å². The number of aromatic nitrogens is 2. The Morgan fingerprint density at radius 2 is 1.86 bits per heavy atom. The number of hydrogen-bond acceptors (Lipinski definition) is 4. The van der Waals surface area contributed by atoms with Crippen LogP contribution in [0, 0.1) is 11.3 Å². The zero-order valence-electron chi connectivity index (χ0n) is 12.4. The van der Waals surface area contributed by atoms with Gasteiger partial charge >= 0.3 is 0 Å². The molecule has 0 atom stereocenters.